The molecule has 1 aromatic heterocycles. The maximum atomic E-state index is 12.2. The third-order valence-electron chi connectivity index (χ3n) is 3.74. The molecular weight excluding hydrogens is 318 g/mol. The first-order chi connectivity index (χ1) is 11.0. The van der Waals surface area contributed by atoms with Crippen LogP contribution in [0.2, 0.25) is 5.02 Å². The van der Waals surface area contributed by atoms with E-state index in [-0.39, 0.29) is 18.2 Å². The van der Waals surface area contributed by atoms with Crippen LogP contribution in [0.1, 0.15) is 18.8 Å². The molecule has 23 heavy (non-hydrogen) atoms. The summed E-state index contributed by atoms with van der Waals surface area (Å²) < 4.78 is 7.56. The zero-order valence-electron chi connectivity index (χ0n) is 12.9. The number of likely N-dealkylation sites (tertiary alicyclic amines) is 1. The molecule has 3 rings (SSSR count). The van der Waals surface area contributed by atoms with Gasteiger partial charge in [-0.3, -0.25) is 0 Å². The number of carbonyl (C=O) groups is 1. The summed E-state index contributed by atoms with van der Waals surface area (Å²) in [6.07, 6.45) is 1.57. The Bertz CT molecular complexity index is 699. The van der Waals surface area contributed by atoms with Gasteiger partial charge in [-0.2, -0.15) is 0 Å². The number of nitrogens with zero attached hydrogens (tertiary/aromatic N) is 4. The molecule has 7 nitrogen and oxygen atoms in total. The normalized spacial score (nSPS) is 15.9. The van der Waals surface area contributed by atoms with Gasteiger partial charge in [0.1, 0.15) is 18.2 Å². The van der Waals surface area contributed by atoms with Gasteiger partial charge in [-0.1, -0.05) is 23.7 Å². The SMILES string of the molecule is CC(NC(=O)N1CC(Oc2ccccc2Cl)C1)c1nncn1C. The van der Waals surface area contributed by atoms with Crippen molar-refractivity contribution in [3.8, 4) is 5.75 Å². The number of nitrogens with one attached hydrogen (secondary N) is 1. The Morgan fingerprint density at radius 1 is 1.43 bits per heavy atom. The molecule has 2 heterocycles. The molecule has 0 bridgehead atoms. The second kappa shape index (κ2) is 6.45. The summed E-state index contributed by atoms with van der Waals surface area (Å²) in [5.41, 5.74) is 0. The smallest absolute Gasteiger partial charge is 0.318 e. The number of hydrogen-bond acceptors (Lipinski definition) is 4. The van der Waals surface area contributed by atoms with E-state index in [0.717, 1.165) is 0 Å². The van der Waals surface area contributed by atoms with Crippen molar-refractivity contribution in [1.82, 2.24) is 25.0 Å². The Kier molecular flexibility index (Phi) is 4.38. The maximum absolute atomic E-state index is 12.2. The molecule has 0 spiro atoms. The number of aromatic nitrogens is 3. The fourth-order valence-electron chi connectivity index (χ4n) is 2.42. The lowest BCUT2D eigenvalue weighted by Gasteiger charge is -2.39. The van der Waals surface area contributed by atoms with Crippen molar-refractivity contribution < 1.29 is 9.53 Å². The Balaban J connectivity index is 1.48. The van der Waals surface area contributed by atoms with Crippen LogP contribution in [0.25, 0.3) is 0 Å². The zero-order chi connectivity index (χ0) is 16.4. The monoisotopic (exact) mass is 335 g/mol. The third-order valence-corrected chi connectivity index (χ3v) is 4.05. The van der Waals surface area contributed by atoms with Crippen LogP contribution in [-0.2, 0) is 7.05 Å². The third kappa shape index (κ3) is 3.39. The van der Waals surface area contributed by atoms with Crippen LogP contribution in [0.3, 0.4) is 0 Å². The average Bonchev–Trinajstić information content (AvgIpc) is 2.90. The van der Waals surface area contributed by atoms with E-state index in [0.29, 0.717) is 29.7 Å². The van der Waals surface area contributed by atoms with Gasteiger partial charge in [0, 0.05) is 7.05 Å². The van der Waals surface area contributed by atoms with Gasteiger partial charge < -0.3 is 19.5 Å². The lowest BCUT2D eigenvalue weighted by molar-refractivity contribution is 0.0435. The minimum absolute atomic E-state index is 0.0363. The highest BCUT2D eigenvalue weighted by Gasteiger charge is 2.33. The number of carbonyl (C=O) groups excluding carboxylic acids is 1. The molecule has 2 aromatic rings. The first-order valence-electron chi connectivity index (χ1n) is 7.35. The average molecular weight is 336 g/mol. The van der Waals surface area contributed by atoms with Crippen molar-refractivity contribution in [2.75, 3.05) is 13.1 Å². The highest BCUT2D eigenvalue weighted by Crippen LogP contribution is 2.26. The lowest BCUT2D eigenvalue weighted by atomic mass is 10.2. The number of amides is 2. The number of ether oxygens (including phenoxy) is 1. The van der Waals surface area contributed by atoms with Crippen LogP contribution in [0.4, 0.5) is 4.79 Å². The number of aryl methyl sites for hydroxylation is 1. The molecule has 2 amide bonds. The Morgan fingerprint density at radius 2 is 2.17 bits per heavy atom. The number of hydrogen-bond donors (Lipinski definition) is 1. The lowest BCUT2D eigenvalue weighted by Crippen LogP contribution is -2.59. The first-order valence-corrected chi connectivity index (χ1v) is 7.73. The van der Waals surface area contributed by atoms with Crippen molar-refractivity contribution in [2.45, 2.75) is 19.1 Å². The predicted octanol–water partition coefficient (Wildman–Crippen LogP) is 2.00. The standard InChI is InChI=1S/C15H18ClN5O2/c1-10(14-19-17-9-20(14)2)18-15(22)21-7-11(8-21)23-13-6-4-3-5-12(13)16/h3-6,9-11H,7-8H2,1-2H3,(H,18,22). The van der Waals surface area contributed by atoms with Crippen LogP contribution < -0.4 is 10.1 Å². The maximum Gasteiger partial charge on any atom is 0.318 e. The molecule has 1 aliphatic heterocycles. The highest BCUT2D eigenvalue weighted by molar-refractivity contribution is 6.32. The van der Waals surface area contributed by atoms with Crippen LogP contribution in [0.15, 0.2) is 30.6 Å². The molecule has 1 N–H and O–H groups in total. The topological polar surface area (TPSA) is 72.3 Å². The molecule has 122 valence electrons. The minimum atomic E-state index is -0.210. The van der Waals surface area contributed by atoms with E-state index in [9.17, 15) is 4.79 Å². The van der Waals surface area contributed by atoms with E-state index in [4.69, 9.17) is 16.3 Å². The van der Waals surface area contributed by atoms with Crippen LogP contribution in [0, 0.1) is 0 Å². The number of halogens is 1. The molecule has 1 atom stereocenters. The van der Waals surface area contributed by atoms with Gasteiger partial charge in [-0.15, -0.1) is 10.2 Å². The quantitative estimate of drug-likeness (QED) is 0.927. The summed E-state index contributed by atoms with van der Waals surface area (Å²) in [5.74, 6) is 1.36. The molecule has 1 unspecified atom stereocenters. The van der Waals surface area contributed by atoms with E-state index in [1.807, 2.05) is 32.2 Å². The second-order valence-electron chi connectivity index (χ2n) is 5.55. The molecule has 1 aromatic carbocycles. The van der Waals surface area contributed by atoms with E-state index >= 15 is 0 Å². The first kappa shape index (κ1) is 15.6. The van der Waals surface area contributed by atoms with E-state index in [1.165, 1.54) is 0 Å². The van der Waals surface area contributed by atoms with Gasteiger partial charge in [0.25, 0.3) is 0 Å². The van der Waals surface area contributed by atoms with Gasteiger partial charge in [0.05, 0.1) is 24.2 Å². The molecule has 1 saturated heterocycles. The summed E-state index contributed by atoms with van der Waals surface area (Å²) in [6, 6.07) is 6.97. The number of urea groups is 1. The summed E-state index contributed by atoms with van der Waals surface area (Å²) >= 11 is 6.06. The van der Waals surface area contributed by atoms with Gasteiger partial charge >= 0.3 is 6.03 Å². The summed E-state index contributed by atoms with van der Waals surface area (Å²) in [5, 5.41) is 11.3. The Hall–Kier alpha value is -2.28. The Labute approximate surface area is 139 Å². The van der Waals surface area contributed by atoms with E-state index in [2.05, 4.69) is 15.5 Å². The summed E-state index contributed by atoms with van der Waals surface area (Å²) in [4.78, 5) is 13.9. The van der Waals surface area contributed by atoms with Crippen LogP contribution in [-0.4, -0.2) is 44.9 Å². The fraction of sp³-hybridized carbons (Fsp3) is 0.400. The molecule has 8 heteroatoms. The summed E-state index contributed by atoms with van der Waals surface area (Å²) in [6.45, 7) is 2.94. The Morgan fingerprint density at radius 3 is 2.83 bits per heavy atom. The molecule has 1 aliphatic rings. The highest BCUT2D eigenvalue weighted by atomic mass is 35.5. The molecule has 0 saturated carbocycles. The van der Waals surface area contributed by atoms with Gasteiger partial charge in [0.2, 0.25) is 0 Å². The van der Waals surface area contributed by atoms with E-state index < -0.39 is 0 Å². The van der Waals surface area contributed by atoms with Crippen molar-refractivity contribution in [3.05, 3.63) is 41.4 Å². The minimum Gasteiger partial charge on any atom is -0.485 e. The van der Waals surface area contributed by atoms with Gasteiger partial charge in [0.15, 0.2) is 5.82 Å². The molecule has 1 fully saturated rings. The fourth-order valence-corrected chi connectivity index (χ4v) is 2.60. The van der Waals surface area contributed by atoms with Crippen LogP contribution >= 0.6 is 11.6 Å². The molecular formula is C15H18ClN5O2. The van der Waals surface area contributed by atoms with Gasteiger partial charge in [-0.05, 0) is 19.1 Å². The van der Waals surface area contributed by atoms with Crippen LogP contribution in [0.5, 0.6) is 5.75 Å². The largest absolute Gasteiger partial charge is 0.485 e. The molecule has 0 radical (unpaired) electrons. The number of rotatable bonds is 4. The van der Waals surface area contributed by atoms with Crippen molar-refractivity contribution in [1.29, 1.82) is 0 Å². The van der Waals surface area contributed by atoms with Gasteiger partial charge in [-0.25, -0.2) is 4.79 Å². The predicted molar refractivity (Wildman–Crippen MR) is 85.4 cm³/mol. The van der Waals surface area contributed by atoms with E-state index in [1.54, 1.807) is 21.9 Å². The van der Waals surface area contributed by atoms with Crippen molar-refractivity contribution >= 4 is 17.6 Å². The number of benzene rings is 1. The summed E-state index contributed by atoms with van der Waals surface area (Å²) in [7, 11) is 1.84. The zero-order valence-corrected chi connectivity index (χ0v) is 13.7. The van der Waals surface area contributed by atoms with Crippen molar-refractivity contribution in [2.24, 2.45) is 7.05 Å². The number of para-hydroxylation sites is 1. The molecule has 0 aliphatic carbocycles. The van der Waals surface area contributed by atoms with Crippen molar-refractivity contribution in [3.63, 3.8) is 0 Å². The second-order valence-corrected chi connectivity index (χ2v) is 5.95.